The third kappa shape index (κ3) is 4.21. The highest BCUT2D eigenvalue weighted by Crippen LogP contribution is 2.30. The number of nitrogens with zero attached hydrogens (tertiary/aromatic N) is 2. The van der Waals surface area contributed by atoms with Crippen molar-refractivity contribution in [1.29, 1.82) is 0 Å². The number of hydrogen-bond donors (Lipinski definition) is 1. The molecule has 1 saturated heterocycles. The number of hydrogen-bond acceptors (Lipinski definition) is 3. The van der Waals surface area contributed by atoms with Crippen molar-refractivity contribution in [2.45, 2.75) is 38.8 Å². The van der Waals surface area contributed by atoms with Crippen molar-refractivity contribution in [3.05, 3.63) is 28.2 Å². The SMILES string of the molecule is CCNC(C)c1ccc(Br)cc1N(C)CC1CCCN1C. The first-order valence-corrected chi connectivity index (χ1v) is 8.76. The van der Waals surface area contributed by atoms with Crippen LogP contribution in [0.5, 0.6) is 0 Å². The molecule has 1 aromatic carbocycles. The van der Waals surface area contributed by atoms with Crippen molar-refractivity contribution in [1.82, 2.24) is 10.2 Å². The molecule has 2 unspecified atom stereocenters. The van der Waals surface area contributed by atoms with E-state index in [1.165, 1.54) is 30.6 Å². The number of nitrogens with one attached hydrogen (secondary N) is 1. The Bertz CT molecular complexity index is 463. The summed E-state index contributed by atoms with van der Waals surface area (Å²) in [7, 11) is 4.46. The molecule has 0 bridgehead atoms. The van der Waals surface area contributed by atoms with Crippen LogP contribution in [-0.4, -0.2) is 44.7 Å². The van der Waals surface area contributed by atoms with Gasteiger partial charge in [0.25, 0.3) is 0 Å². The van der Waals surface area contributed by atoms with Crippen molar-refractivity contribution in [2.24, 2.45) is 0 Å². The third-order valence-corrected chi connectivity index (χ3v) is 5.03. The topological polar surface area (TPSA) is 18.5 Å². The lowest BCUT2D eigenvalue weighted by Gasteiger charge is -2.30. The summed E-state index contributed by atoms with van der Waals surface area (Å²) in [5.74, 6) is 0. The Morgan fingerprint density at radius 3 is 2.86 bits per heavy atom. The molecule has 21 heavy (non-hydrogen) atoms. The second-order valence-electron chi connectivity index (χ2n) is 6.14. The smallest absolute Gasteiger partial charge is 0.0423 e. The Balaban J connectivity index is 2.18. The summed E-state index contributed by atoms with van der Waals surface area (Å²) < 4.78 is 1.15. The van der Waals surface area contributed by atoms with Crippen LogP contribution < -0.4 is 10.2 Å². The van der Waals surface area contributed by atoms with E-state index in [0.717, 1.165) is 17.6 Å². The molecular formula is C17H28BrN3. The molecule has 0 aliphatic carbocycles. The summed E-state index contributed by atoms with van der Waals surface area (Å²) >= 11 is 3.62. The summed E-state index contributed by atoms with van der Waals surface area (Å²) in [5.41, 5.74) is 2.71. The van der Waals surface area contributed by atoms with Gasteiger partial charge in [-0.15, -0.1) is 0 Å². The number of likely N-dealkylation sites (N-methyl/N-ethyl adjacent to an activating group) is 2. The Kier molecular flexibility index (Phi) is 6.08. The fourth-order valence-corrected chi connectivity index (χ4v) is 3.60. The molecule has 3 nitrogen and oxygen atoms in total. The first kappa shape index (κ1) is 16.8. The molecule has 1 aromatic rings. The monoisotopic (exact) mass is 353 g/mol. The minimum absolute atomic E-state index is 0.377. The van der Waals surface area contributed by atoms with E-state index < -0.39 is 0 Å². The summed E-state index contributed by atoms with van der Waals surface area (Å²) in [6.45, 7) is 7.72. The van der Waals surface area contributed by atoms with E-state index in [9.17, 15) is 0 Å². The third-order valence-electron chi connectivity index (χ3n) is 4.54. The lowest BCUT2D eigenvalue weighted by atomic mass is 10.0. The van der Waals surface area contributed by atoms with E-state index in [0.29, 0.717) is 12.1 Å². The average Bonchev–Trinajstić information content (AvgIpc) is 2.84. The summed E-state index contributed by atoms with van der Waals surface area (Å²) in [6, 6.07) is 7.68. The van der Waals surface area contributed by atoms with Crippen LogP contribution in [0.4, 0.5) is 5.69 Å². The molecule has 2 atom stereocenters. The maximum atomic E-state index is 3.62. The van der Waals surface area contributed by atoms with E-state index in [1.54, 1.807) is 0 Å². The van der Waals surface area contributed by atoms with Gasteiger partial charge >= 0.3 is 0 Å². The molecule has 0 amide bonds. The van der Waals surface area contributed by atoms with Crippen molar-refractivity contribution >= 4 is 21.6 Å². The van der Waals surface area contributed by atoms with Gasteiger partial charge < -0.3 is 15.1 Å². The van der Waals surface area contributed by atoms with Gasteiger partial charge in [0.2, 0.25) is 0 Å². The van der Waals surface area contributed by atoms with Crippen LogP contribution in [0, 0.1) is 0 Å². The van der Waals surface area contributed by atoms with Gasteiger partial charge in [0.05, 0.1) is 0 Å². The maximum absolute atomic E-state index is 3.62. The van der Waals surface area contributed by atoms with Gasteiger partial charge in [-0.25, -0.2) is 0 Å². The molecular weight excluding hydrogens is 326 g/mol. The molecule has 0 saturated carbocycles. The number of halogens is 1. The summed E-state index contributed by atoms with van der Waals surface area (Å²) in [5, 5.41) is 3.53. The Hall–Kier alpha value is -0.580. The van der Waals surface area contributed by atoms with Crippen LogP contribution in [0.3, 0.4) is 0 Å². The maximum Gasteiger partial charge on any atom is 0.0423 e. The molecule has 0 radical (unpaired) electrons. The van der Waals surface area contributed by atoms with E-state index in [1.807, 2.05) is 0 Å². The highest BCUT2D eigenvalue weighted by molar-refractivity contribution is 9.10. The zero-order valence-electron chi connectivity index (χ0n) is 13.7. The van der Waals surface area contributed by atoms with E-state index >= 15 is 0 Å². The van der Waals surface area contributed by atoms with Gasteiger partial charge in [-0.3, -0.25) is 0 Å². The molecule has 1 aliphatic rings. The molecule has 118 valence electrons. The van der Waals surface area contributed by atoms with Gasteiger partial charge in [-0.1, -0.05) is 28.9 Å². The van der Waals surface area contributed by atoms with Crippen LogP contribution in [0.15, 0.2) is 22.7 Å². The van der Waals surface area contributed by atoms with Crippen molar-refractivity contribution in [3.8, 4) is 0 Å². The normalized spacial score (nSPS) is 20.7. The Labute approximate surface area is 137 Å². The van der Waals surface area contributed by atoms with Gasteiger partial charge in [0.1, 0.15) is 0 Å². The number of likely N-dealkylation sites (tertiary alicyclic amines) is 1. The molecule has 2 rings (SSSR count). The first-order valence-electron chi connectivity index (χ1n) is 7.97. The zero-order chi connectivity index (χ0) is 15.4. The number of benzene rings is 1. The molecule has 1 fully saturated rings. The standard InChI is InChI=1S/C17H28BrN3/c1-5-19-13(2)16-9-8-14(18)11-17(16)21(4)12-15-7-6-10-20(15)3/h8-9,11,13,15,19H,5-7,10,12H2,1-4H3. The summed E-state index contributed by atoms with van der Waals surface area (Å²) in [4.78, 5) is 4.91. The number of rotatable bonds is 6. The minimum Gasteiger partial charge on any atom is -0.373 e. The Morgan fingerprint density at radius 1 is 1.48 bits per heavy atom. The van der Waals surface area contributed by atoms with Crippen LogP contribution in [0.1, 0.15) is 38.3 Å². The van der Waals surface area contributed by atoms with Gasteiger partial charge in [-0.05, 0) is 57.6 Å². The van der Waals surface area contributed by atoms with Crippen LogP contribution >= 0.6 is 15.9 Å². The largest absolute Gasteiger partial charge is 0.373 e. The zero-order valence-corrected chi connectivity index (χ0v) is 15.3. The minimum atomic E-state index is 0.377. The average molecular weight is 354 g/mol. The quantitative estimate of drug-likeness (QED) is 0.841. The van der Waals surface area contributed by atoms with Gasteiger partial charge in [0.15, 0.2) is 0 Å². The molecule has 4 heteroatoms. The van der Waals surface area contributed by atoms with Crippen molar-refractivity contribution < 1.29 is 0 Å². The molecule has 1 N–H and O–H groups in total. The van der Waals surface area contributed by atoms with Gasteiger partial charge in [-0.2, -0.15) is 0 Å². The van der Waals surface area contributed by atoms with Crippen molar-refractivity contribution in [2.75, 3.05) is 38.6 Å². The van der Waals surface area contributed by atoms with E-state index in [2.05, 4.69) is 77.2 Å². The molecule has 0 spiro atoms. The second-order valence-corrected chi connectivity index (χ2v) is 7.06. The first-order chi connectivity index (χ1) is 10.0. The summed E-state index contributed by atoms with van der Waals surface area (Å²) in [6.07, 6.45) is 2.64. The molecule has 1 heterocycles. The predicted molar refractivity (Wildman–Crippen MR) is 95.2 cm³/mol. The highest BCUT2D eigenvalue weighted by atomic mass is 79.9. The molecule has 0 aromatic heterocycles. The van der Waals surface area contributed by atoms with Gasteiger partial charge in [0, 0.05) is 35.8 Å². The van der Waals surface area contributed by atoms with Crippen LogP contribution in [0.2, 0.25) is 0 Å². The lowest BCUT2D eigenvalue weighted by molar-refractivity contribution is 0.314. The fourth-order valence-electron chi connectivity index (χ4n) is 3.25. The Morgan fingerprint density at radius 2 is 2.24 bits per heavy atom. The highest BCUT2D eigenvalue weighted by Gasteiger charge is 2.23. The number of anilines is 1. The van der Waals surface area contributed by atoms with Crippen molar-refractivity contribution in [3.63, 3.8) is 0 Å². The molecule has 1 aliphatic heterocycles. The van der Waals surface area contributed by atoms with E-state index in [4.69, 9.17) is 0 Å². The van der Waals surface area contributed by atoms with E-state index in [-0.39, 0.29) is 0 Å². The van der Waals surface area contributed by atoms with Crippen LogP contribution in [0.25, 0.3) is 0 Å². The lowest BCUT2D eigenvalue weighted by Crippen LogP contribution is -2.37. The fraction of sp³-hybridized carbons (Fsp3) is 0.647. The predicted octanol–water partition coefficient (Wildman–Crippen LogP) is 3.65. The van der Waals surface area contributed by atoms with Crippen LogP contribution in [-0.2, 0) is 0 Å². The second kappa shape index (κ2) is 7.61.